The monoisotopic (exact) mass is 321 g/mol. The van der Waals surface area contributed by atoms with Crippen molar-refractivity contribution in [1.29, 1.82) is 0 Å². The molecule has 0 aliphatic heterocycles. The molecule has 0 aliphatic rings. The lowest BCUT2D eigenvalue weighted by Crippen LogP contribution is -2.22. The minimum Gasteiger partial charge on any atom is -0.497 e. The Morgan fingerprint density at radius 3 is 2.48 bits per heavy atom. The zero-order chi connectivity index (χ0) is 15.2. The molecular formula is C17H20ClNOS. The van der Waals surface area contributed by atoms with Crippen molar-refractivity contribution < 1.29 is 4.74 Å². The molecule has 0 atom stereocenters. The van der Waals surface area contributed by atoms with Crippen LogP contribution in [0.25, 0.3) is 0 Å². The van der Waals surface area contributed by atoms with Gasteiger partial charge in [-0.25, -0.2) is 0 Å². The molecule has 0 saturated carbocycles. The second-order valence-corrected chi connectivity index (χ2v) is 6.62. The van der Waals surface area contributed by atoms with Crippen molar-refractivity contribution in [1.82, 2.24) is 5.32 Å². The van der Waals surface area contributed by atoms with Gasteiger partial charge in [0.25, 0.3) is 0 Å². The second kappa shape index (κ2) is 7.74. The van der Waals surface area contributed by atoms with E-state index in [0.29, 0.717) is 6.04 Å². The zero-order valence-electron chi connectivity index (χ0n) is 12.5. The maximum atomic E-state index is 6.14. The molecule has 0 saturated heterocycles. The lowest BCUT2D eigenvalue weighted by molar-refractivity contribution is 0.414. The standard InChI is InChI=1S/C17H20ClNOS/c1-12(2)19-11-13-4-5-14(18)10-17(13)21-16-8-6-15(20-3)7-9-16/h4-10,12,19H,11H2,1-3H3. The molecule has 2 aromatic rings. The Morgan fingerprint density at radius 1 is 1.14 bits per heavy atom. The molecule has 0 bridgehead atoms. The highest BCUT2D eigenvalue weighted by molar-refractivity contribution is 7.99. The number of hydrogen-bond donors (Lipinski definition) is 1. The average molecular weight is 322 g/mol. The van der Waals surface area contributed by atoms with Crippen molar-refractivity contribution in [2.24, 2.45) is 0 Å². The molecule has 0 radical (unpaired) electrons. The number of rotatable bonds is 6. The third-order valence-corrected chi connectivity index (χ3v) is 4.36. The SMILES string of the molecule is COc1ccc(Sc2cc(Cl)ccc2CNC(C)C)cc1. The van der Waals surface area contributed by atoms with E-state index in [1.54, 1.807) is 18.9 Å². The van der Waals surface area contributed by atoms with Gasteiger partial charge in [0.1, 0.15) is 5.75 Å². The van der Waals surface area contributed by atoms with Gasteiger partial charge < -0.3 is 10.1 Å². The zero-order valence-corrected chi connectivity index (χ0v) is 14.1. The summed E-state index contributed by atoms with van der Waals surface area (Å²) < 4.78 is 5.19. The molecule has 0 aliphatic carbocycles. The molecule has 0 aromatic heterocycles. The first-order chi connectivity index (χ1) is 10.1. The minimum absolute atomic E-state index is 0.458. The summed E-state index contributed by atoms with van der Waals surface area (Å²) in [5, 5.41) is 4.21. The van der Waals surface area contributed by atoms with Gasteiger partial charge in [-0.2, -0.15) is 0 Å². The van der Waals surface area contributed by atoms with Gasteiger partial charge in [0.2, 0.25) is 0 Å². The summed E-state index contributed by atoms with van der Waals surface area (Å²) in [6.45, 7) is 5.13. The normalized spacial score (nSPS) is 10.9. The molecule has 1 N–H and O–H groups in total. The van der Waals surface area contributed by atoms with Crippen LogP contribution >= 0.6 is 23.4 Å². The third kappa shape index (κ3) is 4.95. The van der Waals surface area contributed by atoms with Crippen LogP contribution in [-0.4, -0.2) is 13.2 Å². The van der Waals surface area contributed by atoms with Crippen molar-refractivity contribution in [3.05, 3.63) is 53.1 Å². The van der Waals surface area contributed by atoms with Crippen LogP contribution in [0.4, 0.5) is 0 Å². The fraction of sp³-hybridized carbons (Fsp3) is 0.294. The van der Waals surface area contributed by atoms with Gasteiger partial charge in [-0.1, -0.05) is 43.3 Å². The summed E-state index contributed by atoms with van der Waals surface area (Å²) in [6, 6.07) is 14.6. The van der Waals surface area contributed by atoms with E-state index in [0.717, 1.165) is 17.3 Å². The Labute approximate surface area is 135 Å². The Hall–Kier alpha value is -1.16. The van der Waals surface area contributed by atoms with Gasteiger partial charge in [-0.3, -0.25) is 0 Å². The number of halogens is 1. The van der Waals surface area contributed by atoms with E-state index in [4.69, 9.17) is 16.3 Å². The van der Waals surface area contributed by atoms with E-state index in [1.165, 1.54) is 15.4 Å². The van der Waals surface area contributed by atoms with E-state index in [-0.39, 0.29) is 0 Å². The maximum Gasteiger partial charge on any atom is 0.118 e. The number of methoxy groups -OCH3 is 1. The van der Waals surface area contributed by atoms with Crippen LogP contribution in [0.1, 0.15) is 19.4 Å². The molecule has 4 heteroatoms. The highest BCUT2D eigenvalue weighted by atomic mass is 35.5. The molecule has 0 fully saturated rings. The highest BCUT2D eigenvalue weighted by Gasteiger charge is 2.07. The first-order valence-corrected chi connectivity index (χ1v) is 8.11. The Morgan fingerprint density at radius 2 is 1.86 bits per heavy atom. The van der Waals surface area contributed by atoms with Crippen LogP contribution < -0.4 is 10.1 Å². The summed E-state index contributed by atoms with van der Waals surface area (Å²) >= 11 is 7.86. The number of benzene rings is 2. The largest absolute Gasteiger partial charge is 0.497 e. The Kier molecular flexibility index (Phi) is 5.97. The van der Waals surface area contributed by atoms with Gasteiger partial charge in [-0.15, -0.1) is 0 Å². The quantitative estimate of drug-likeness (QED) is 0.809. The summed E-state index contributed by atoms with van der Waals surface area (Å²) in [4.78, 5) is 2.35. The van der Waals surface area contributed by atoms with E-state index in [9.17, 15) is 0 Å². The molecule has 112 valence electrons. The predicted octanol–water partition coefficient (Wildman–Crippen LogP) is 5.00. The Balaban J connectivity index is 2.18. The summed E-state index contributed by atoms with van der Waals surface area (Å²) in [5.74, 6) is 0.868. The fourth-order valence-corrected chi connectivity index (χ4v) is 3.07. The fourth-order valence-electron chi connectivity index (χ4n) is 1.85. The Bertz CT molecular complexity index is 584. The smallest absolute Gasteiger partial charge is 0.118 e. The molecule has 2 rings (SSSR count). The average Bonchev–Trinajstić information content (AvgIpc) is 2.47. The number of ether oxygens (including phenoxy) is 1. The maximum absolute atomic E-state index is 6.14. The lowest BCUT2D eigenvalue weighted by atomic mass is 10.2. The van der Waals surface area contributed by atoms with Crippen molar-refractivity contribution in [3.63, 3.8) is 0 Å². The van der Waals surface area contributed by atoms with Crippen molar-refractivity contribution in [2.75, 3.05) is 7.11 Å². The van der Waals surface area contributed by atoms with Crippen LogP contribution in [0.3, 0.4) is 0 Å². The van der Waals surface area contributed by atoms with E-state index in [1.807, 2.05) is 24.3 Å². The van der Waals surface area contributed by atoms with Gasteiger partial charge in [-0.05, 0) is 42.0 Å². The van der Waals surface area contributed by atoms with E-state index >= 15 is 0 Å². The third-order valence-electron chi connectivity index (χ3n) is 3.02. The minimum atomic E-state index is 0.458. The first kappa shape index (κ1) is 16.2. The molecule has 0 amide bonds. The van der Waals surface area contributed by atoms with Gasteiger partial charge in [0.15, 0.2) is 0 Å². The molecule has 0 unspecified atom stereocenters. The van der Waals surface area contributed by atoms with Crippen LogP contribution in [0.15, 0.2) is 52.3 Å². The highest BCUT2D eigenvalue weighted by Crippen LogP contribution is 2.33. The van der Waals surface area contributed by atoms with Crippen LogP contribution in [0, 0.1) is 0 Å². The molecular weight excluding hydrogens is 302 g/mol. The van der Waals surface area contributed by atoms with Crippen molar-refractivity contribution in [3.8, 4) is 5.75 Å². The molecule has 2 aromatic carbocycles. The molecule has 0 spiro atoms. The number of hydrogen-bond acceptors (Lipinski definition) is 3. The first-order valence-electron chi connectivity index (χ1n) is 6.92. The van der Waals surface area contributed by atoms with E-state index < -0.39 is 0 Å². The number of nitrogens with one attached hydrogen (secondary N) is 1. The molecule has 2 nitrogen and oxygen atoms in total. The van der Waals surface area contributed by atoms with Gasteiger partial charge in [0.05, 0.1) is 7.11 Å². The summed E-state index contributed by atoms with van der Waals surface area (Å²) in [6.07, 6.45) is 0. The summed E-state index contributed by atoms with van der Waals surface area (Å²) in [7, 11) is 1.68. The second-order valence-electron chi connectivity index (χ2n) is 5.07. The van der Waals surface area contributed by atoms with Gasteiger partial charge >= 0.3 is 0 Å². The molecule has 21 heavy (non-hydrogen) atoms. The van der Waals surface area contributed by atoms with Crippen molar-refractivity contribution in [2.45, 2.75) is 36.2 Å². The van der Waals surface area contributed by atoms with Crippen LogP contribution in [0.2, 0.25) is 5.02 Å². The topological polar surface area (TPSA) is 21.3 Å². The predicted molar refractivity (Wildman–Crippen MR) is 90.5 cm³/mol. The van der Waals surface area contributed by atoms with Crippen molar-refractivity contribution >= 4 is 23.4 Å². The lowest BCUT2D eigenvalue weighted by Gasteiger charge is -2.13. The van der Waals surface area contributed by atoms with E-state index in [2.05, 4.69) is 37.4 Å². The molecule has 0 heterocycles. The van der Waals surface area contributed by atoms with Crippen LogP contribution in [0.5, 0.6) is 5.75 Å². The van der Waals surface area contributed by atoms with Crippen LogP contribution in [-0.2, 0) is 6.54 Å². The van der Waals surface area contributed by atoms with Gasteiger partial charge in [0, 0.05) is 27.4 Å². The summed E-state index contributed by atoms with van der Waals surface area (Å²) in [5.41, 5.74) is 1.26.